The van der Waals surface area contributed by atoms with Crippen molar-refractivity contribution in [3.05, 3.63) is 60.7 Å². The summed E-state index contributed by atoms with van der Waals surface area (Å²) in [6.45, 7) is 5.22. The molecule has 0 unspecified atom stereocenters. The third-order valence-electron chi connectivity index (χ3n) is 4.23. The van der Waals surface area contributed by atoms with Gasteiger partial charge in [0.05, 0.1) is 0 Å². The SMILES string of the molecule is C=CC[C@]1(/C=C\C(=O)N2CCCC2)OC(c2ccccc2)=NC1=O. The van der Waals surface area contributed by atoms with Gasteiger partial charge in [-0.15, -0.1) is 6.58 Å². The summed E-state index contributed by atoms with van der Waals surface area (Å²) in [5.74, 6) is -0.229. The smallest absolute Gasteiger partial charge is 0.297 e. The van der Waals surface area contributed by atoms with E-state index in [0.29, 0.717) is 0 Å². The zero-order valence-corrected chi connectivity index (χ0v) is 13.5. The van der Waals surface area contributed by atoms with Gasteiger partial charge < -0.3 is 9.64 Å². The van der Waals surface area contributed by atoms with Crippen LogP contribution in [0.2, 0.25) is 0 Å². The van der Waals surface area contributed by atoms with Crippen LogP contribution in [0.25, 0.3) is 0 Å². The minimum absolute atomic E-state index is 0.0968. The van der Waals surface area contributed by atoms with Gasteiger partial charge >= 0.3 is 0 Å². The second kappa shape index (κ2) is 6.83. The molecule has 2 aliphatic rings. The predicted molar refractivity (Wildman–Crippen MR) is 91.6 cm³/mol. The molecule has 1 atom stereocenters. The second-order valence-electron chi connectivity index (χ2n) is 5.94. The summed E-state index contributed by atoms with van der Waals surface area (Å²) in [4.78, 5) is 30.5. The fourth-order valence-corrected chi connectivity index (χ4v) is 2.90. The summed E-state index contributed by atoms with van der Waals surface area (Å²) in [5, 5.41) is 0. The molecule has 2 heterocycles. The van der Waals surface area contributed by atoms with Gasteiger partial charge in [0.25, 0.3) is 5.91 Å². The highest BCUT2D eigenvalue weighted by molar-refractivity contribution is 6.10. The first-order valence-corrected chi connectivity index (χ1v) is 8.11. The first kappa shape index (κ1) is 16.2. The van der Waals surface area contributed by atoms with Crippen molar-refractivity contribution >= 4 is 17.7 Å². The van der Waals surface area contributed by atoms with Crippen molar-refractivity contribution in [3.63, 3.8) is 0 Å². The summed E-state index contributed by atoms with van der Waals surface area (Å²) in [5.41, 5.74) is -0.543. The standard InChI is InChI=1S/C19H20N2O3/c1-2-11-19(12-10-16(22)21-13-6-7-14-21)18(23)20-17(24-19)15-8-4-3-5-9-15/h2-5,8-10,12H,1,6-7,11,13-14H2/b12-10-/t19-/m1/s1. The minimum atomic E-state index is -1.28. The second-order valence-corrected chi connectivity index (χ2v) is 5.94. The van der Waals surface area contributed by atoms with Crippen LogP contribution in [-0.4, -0.2) is 41.3 Å². The maximum absolute atomic E-state index is 12.5. The van der Waals surface area contributed by atoms with Crippen LogP contribution in [0.4, 0.5) is 0 Å². The molecule has 1 aromatic rings. The number of carbonyl (C=O) groups excluding carboxylic acids is 2. The number of likely N-dealkylation sites (tertiary alicyclic amines) is 1. The van der Waals surface area contributed by atoms with Gasteiger partial charge in [0.2, 0.25) is 17.4 Å². The summed E-state index contributed by atoms with van der Waals surface area (Å²) in [7, 11) is 0. The largest absolute Gasteiger partial charge is 0.456 e. The van der Waals surface area contributed by atoms with Gasteiger partial charge in [-0.05, 0) is 31.1 Å². The average molecular weight is 324 g/mol. The Labute approximate surface area is 141 Å². The molecule has 3 rings (SSSR count). The molecule has 5 nitrogen and oxygen atoms in total. The average Bonchev–Trinajstić information content (AvgIpc) is 3.23. The van der Waals surface area contributed by atoms with Crippen molar-refractivity contribution in [2.24, 2.45) is 4.99 Å². The molecule has 0 aliphatic carbocycles. The first-order valence-electron chi connectivity index (χ1n) is 8.11. The van der Waals surface area contributed by atoms with E-state index in [4.69, 9.17) is 4.74 Å². The van der Waals surface area contributed by atoms with Crippen molar-refractivity contribution < 1.29 is 14.3 Å². The molecule has 2 amide bonds. The molecule has 0 aromatic heterocycles. The highest BCUT2D eigenvalue weighted by Gasteiger charge is 2.44. The third-order valence-corrected chi connectivity index (χ3v) is 4.23. The zero-order valence-electron chi connectivity index (χ0n) is 13.5. The van der Waals surface area contributed by atoms with E-state index in [0.717, 1.165) is 31.5 Å². The summed E-state index contributed by atoms with van der Waals surface area (Å²) in [6, 6.07) is 9.24. The van der Waals surface area contributed by atoms with Crippen LogP contribution in [-0.2, 0) is 14.3 Å². The molecular weight excluding hydrogens is 304 g/mol. The summed E-state index contributed by atoms with van der Waals surface area (Å²) in [6.07, 6.45) is 6.86. The normalized spacial score (nSPS) is 23.4. The zero-order chi connectivity index (χ0) is 17.0. The predicted octanol–water partition coefficient (Wildman–Crippen LogP) is 2.48. The Kier molecular flexibility index (Phi) is 4.60. The molecule has 5 heteroatoms. The Hall–Kier alpha value is -2.69. The lowest BCUT2D eigenvalue weighted by Gasteiger charge is -2.22. The van der Waals surface area contributed by atoms with E-state index in [9.17, 15) is 9.59 Å². The molecule has 1 fully saturated rings. The van der Waals surface area contributed by atoms with E-state index in [1.165, 1.54) is 12.2 Å². The summed E-state index contributed by atoms with van der Waals surface area (Å²) >= 11 is 0. The lowest BCUT2D eigenvalue weighted by atomic mass is 9.98. The Bertz CT molecular complexity index is 703. The molecule has 0 saturated carbocycles. The fourth-order valence-electron chi connectivity index (χ4n) is 2.90. The van der Waals surface area contributed by atoms with Crippen LogP contribution in [0.5, 0.6) is 0 Å². The van der Waals surface area contributed by atoms with E-state index in [2.05, 4.69) is 11.6 Å². The van der Waals surface area contributed by atoms with Crippen molar-refractivity contribution in [2.45, 2.75) is 24.9 Å². The van der Waals surface area contributed by atoms with Crippen LogP contribution in [0.3, 0.4) is 0 Å². The third kappa shape index (κ3) is 3.15. The molecule has 24 heavy (non-hydrogen) atoms. The van der Waals surface area contributed by atoms with E-state index in [1.807, 2.05) is 30.3 Å². The van der Waals surface area contributed by atoms with Crippen molar-refractivity contribution in [2.75, 3.05) is 13.1 Å². The van der Waals surface area contributed by atoms with Gasteiger partial charge in [-0.3, -0.25) is 9.59 Å². The maximum atomic E-state index is 12.5. The first-order chi connectivity index (χ1) is 11.6. The monoisotopic (exact) mass is 324 g/mol. The van der Waals surface area contributed by atoms with Crippen LogP contribution >= 0.6 is 0 Å². The molecule has 1 saturated heterocycles. The molecule has 1 aromatic carbocycles. The van der Waals surface area contributed by atoms with Crippen molar-refractivity contribution in [1.29, 1.82) is 0 Å². The number of nitrogens with zero attached hydrogens (tertiary/aromatic N) is 2. The number of amides is 2. The number of hydrogen-bond acceptors (Lipinski definition) is 3. The van der Waals surface area contributed by atoms with Gasteiger partial charge in [0, 0.05) is 31.1 Å². The van der Waals surface area contributed by atoms with E-state index in [1.54, 1.807) is 11.0 Å². The van der Waals surface area contributed by atoms with Crippen LogP contribution < -0.4 is 0 Å². The Morgan fingerprint density at radius 2 is 2.00 bits per heavy atom. The fraction of sp³-hybridized carbons (Fsp3) is 0.316. The highest BCUT2D eigenvalue weighted by Crippen LogP contribution is 2.29. The lowest BCUT2D eigenvalue weighted by Crippen LogP contribution is -2.35. The van der Waals surface area contributed by atoms with Gasteiger partial charge in [-0.1, -0.05) is 24.3 Å². The Morgan fingerprint density at radius 1 is 1.29 bits per heavy atom. The Balaban J connectivity index is 1.80. The van der Waals surface area contributed by atoms with Crippen molar-refractivity contribution in [1.82, 2.24) is 4.90 Å². The van der Waals surface area contributed by atoms with E-state index >= 15 is 0 Å². The van der Waals surface area contributed by atoms with Crippen LogP contribution in [0.15, 0.2) is 60.1 Å². The topological polar surface area (TPSA) is 59.0 Å². The lowest BCUT2D eigenvalue weighted by molar-refractivity contribution is -0.127. The van der Waals surface area contributed by atoms with Crippen LogP contribution in [0.1, 0.15) is 24.8 Å². The Morgan fingerprint density at radius 3 is 2.67 bits per heavy atom. The number of hydrogen-bond donors (Lipinski definition) is 0. The molecule has 0 N–H and O–H groups in total. The number of benzene rings is 1. The quantitative estimate of drug-likeness (QED) is 0.617. The van der Waals surface area contributed by atoms with E-state index in [-0.39, 0.29) is 18.2 Å². The number of rotatable bonds is 5. The number of aliphatic imine (C=N–C) groups is 1. The van der Waals surface area contributed by atoms with Gasteiger partial charge in [-0.2, -0.15) is 4.99 Å². The van der Waals surface area contributed by atoms with E-state index < -0.39 is 11.5 Å². The maximum Gasteiger partial charge on any atom is 0.297 e. The highest BCUT2D eigenvalue weighted by atomic mass is 16.5. The van der Waals surface area contributed by atoms with Crippen LogP contribution in [0, 0.1) is 0 Å². The molecule has 0 spiro atoms. The van der Waals surface area contributed by atoms with Crippen molar-refractivity contribution in [3.8, 4) is 0 Å². The number of ether oxygens (including phenoxy) is 1. The molecule has 0 radical (unpaired) electrons. The number of carbonyl (C=O) groups is 2. The summed E-state index contributed by atoms with van der Waals surface area (Å²) < 4.78 is 5.87. The van der Waals surface area contributed by atoms with Gasteiger partial charge in [0.1, 0.15) is 0 Å². The molecule has 2 aliphatic heterocycles. The molecular formula is C19H20N2O3. The van der Waals surface area contributed by atoms with Gasteiger partial charge in [0.15, 0.2) is 0 Å². The van der Waals surface area contributed by atoms with Gasteiger partial charge in [-0.25, -0.2) is 0 Å². The minimum Gasteiger partial charge on any atom is -0.456 e. The molecule has 0 bridgehead atoms. The molecule has 124 valence electrons.